The van der Waals surface area contributed by atoms with Gasteiger partial charge in [-0.05, 0) is 29.7 Å². The van der Waals surface area contributed by atoms with Crippen LogP contribution in [-0.4, -0.2) is 15.9 Å². The lowest BCUT2D eigenvalue weighted by atomic mass is 9.91. The minimum absolute atomic E-state index is 0.102. The molecule has 21 heavy (non-hydrogen) atoms. The van der Waals surface area contributed by atoms with E-state index in [9.17, 15) is 9.18 Å². The van der Waals surface area contributed by atoms with E-state index in [1.54, 1.807) is 18.3 Å². The average molecular weight is 287 g/mol. The van der Waals surface area contributed by atoms with Gasteiger partial charge in [-0.15, -0.1) is 0 Å². The molecule has 1 amide bonds. The quantitative estimate of drug-likeness (QED) is 0.864. The van der Waals surface area contributed by atoms with Crippen molar-refractivity contribution in [2.24, 2.45) is 5.41 Å². The van der Waals surface area contributed by atoms with Crippen LogP contribution in [0.5, 0.6) is 0 Å². The molecular weight excluding hydrogens is 269 g/mol. The lowest BCUT2D eigenvalue weighted by molar-refractivity contribution is -0.119. The second kappa shape index (κ2) is 5.99. The molecule has 1 heterocycles. The Morgan fingerprint density at radius 1 is 1.19 bits per heavy atom. The molecule has 0 unspecified atom stereocenters. The van der Waals surface area contributed by atoms with Crippen LogP contribution in [0.1, 0.15) is 27.2 Å². The Morgan fingerprint density at radius 3 is 2.38 bits per heavy atom. The fourth-order valence-corrected chi connectivity index (χ4v) is 1.93. The third kappa shape index (κ3) is 4.08. The zero-order valence-corrected chi connectivity index (χ0v) is 12.4. The second-order valence-corrected chi connectivity index (χ2v) is 6.01. The summed E-state index contributed by atoms with van der Waals surface area (Å²) in [5.41, 5.74) is 0.420. The van der Waals surface area contributed by atoms with Gasteiger partial charge in [0.05, 0.1) is 11.9 Å². The van der Waals surface area contributed by atoms with E-state index in [1.807, 2.05) is 20.8 Å². The highest BCUT2D eigenvalue weighted by atomic mass is 19.1. The smallest absolute Gasteiger partial charge is 0.233 e. The molecule has 0 atom stereocenters. The van der Waals surface area contributed by atoms with E-state index in [4.69, 9.17) is 0 Å². The number of benzene rings is 1. The topological polar surface area (TPSA) is 46.1 Å². The van der Waals surface area contributed by atoms with Crippen LogP contribution >= 0.6 is 0 Å². The lowest BCUT2D eigenvalue weighted by Crippen LogP contribution is -2.30. The molecule has 0 fully saturated rings. The molecule has 0 aliphatic rings. The summed E-state index contributed by atoms with van der Waals surface area (Å²) < 4.78 is 13.1. The monoisotopic (exact) mass is 287 g/mol. The number of hydrogen-bond acceptors (Lipinski definition) is 3. The van der Waals surface area contributed by atoms with Gasteiger partial charge in [0, 0.05) is 18.8 Å². The standard InChI is InChI=1S/C16H18FN3O/c1-16(2,3)10-15(21)20(14-11-18-8-9-19-14)13-6-4-12(17)5-7-13/h4-9,11H,10H2,1-3H3. The maximum Gasteiger partial charge on any atom is 0.233 e. The third-order valence-electron chi connectivity index (χ3n) is 2.79. The molecule has 0 spiro atoms. The number of halogens is 1. The molecule has 1 aromatic heterocycles. The number of anilines is 2. The van der Waals surface area contributed by atoms with Gasteiger partial charge in [-0.2, -0.15) is 0 Å². The van der Waals surface area contributed by atoms with Crippen LogP contribution in [0.25, 0.3) is 0 Å². The number of hydrogen-bond donors (Lipinski definition) is 0. The summed E-state index contributed by atoms with van der Waals surface area (Å²) in [4.78, 5) is 22.3. The summed E-state index contributed by atoms with van der Waals surface area (Å²) in [6.45, 7) is 5.97. The van der Waals surface area contributed by atoms with Crippen molar-refractivity contribution in [2.45, 2.75) is 27.2 Å². The fourth-order valence-electron chi connectivity index (χ4n) is 1.93. The molecule has 0 radical (unpaired) electrons. The van der Waals surface area contributed by atoms with Crippen LogP contribution in [0.2, 0.25) is 0 Å². The van der Waals surface area contributed by atoms with Gasteiger partial charge in [0.25, 0.3) is 0 Å². The molecule has 0 aliphatic carbocycles. The molecule has 4 nitrogen and oxygen atoms in total. The SMILES string of the molecule is CC(C)(C)CC(=O)N(c1ccc(F)cc1)c1cnccn1. The van der Waals surface area contributed by atoms with Crippen molar-refractivity contribution >= 4 is 17.4 Å². The molecule has 110 valence electrons. The Hall–Kier alpha value is -2.30. The first-order chi connectivity index (χ1) is 9.87. The number of carbonyl (C=O) groups excluding carboxylic acids is 1. The molecule has 0 saturated heterocycles. The number of nitrogens with zero attached hydrogens (tertiary/aromatic N) is 3. The molecule has 2 aromatic rings. The molecule has 0 aliphatic heterocycles. The number of amides is 1. The zero-order chi connectivity index (χ0) is 15.5. The van der Waals surface area contributed by atoms with Gasteiger partial charge in [-0.3, -0.25) is 14.7 Å². The Labute approximate surface area is 123 Å². The van der Waals surface area contributed by atoms with E-state index in [2.05, 4.69) is 9.97 Å². The average Bonchev–Trinajstić information content (AvgIpc) is 2.40. The van der Waals surface area contributed by atoms with Crippen LogP contribution in [0.4, 0.5) is 15.9 Å². The minimum atomic E-state index is -0.346. The number of carbonyl (C=O) groups is 1. The Bertz CT molecular complexity index is 606. The van der Waals surface area contributed by atoms with Crippen molar-refractivity contribution in [3.63, 3.8) is 0 Å². The summed E-state index contributed by atoms with van der Waals surface area (Å²) in [5, 5.41) is 0. The van der Waals surface area contributed by atoms with Gasteiger partial charge in [0.15, 0.2) is 5.82 Å². The van der Waals surface area contributed by atoms with Crippen LogP contribution in [0.15, 0.2) is 42.9 Å². The summed E-state index contributed by atoms with van der Waals surface area (Å²) in [6.07, 6.45) is 4.93. The van der Waals surface area contributed by atoms with Gasteiger partial charge in [0.2, 0.25) is 5.91 Å². The fraction of sp³-hybridized carbons (Fsp3) is 0.312. The van der Waals surface area contributed by atoms with Crippen LogP contribution in [0, 0.1) is 11.2 Å². The number of rotatable bonds is 3. The summed E-state index contributed by atoms with van der Waals surface area (Å²) in [5.74, 6) is -0.0194. The summed E-state index contributed by atoms with van der Waals surface area (Å²) in [7, 11) is 0. The van der Waals surface area contributed by atoms with E-state index >= 15 is 0 Å². The van der Waals surface area contributed by atoms with Crippen molar-refractivity contribution < 1.29 is 9.18 Å². The molecule has 0 saturated carbocycles. The minimum Gasteiger partial charge on any atom is -0.274 e. The van der Waals surface area contributed by atoms with Crippen molar-refractivity contribution in [1.82, 2.24) is 9.97 Å². The van der Waals surface area contributed by atoms with Gasteiger partial charge in [0.1, 0.15) is 5.82 Å². The molecule has 0 N–H and O–H groups in total. The zero-order valence-electron chi connectivity index (χ0n) is 12.4. The first-order valence-corrected chi connectivity index (χ1v) is 6.71. The van der Waals surface area contributed by atoms with Crippen LogP contribution in [0.3, 0.4) is 0 Å². The molecule has 2 rings (SSSR count). The highest BCUT2D eigenvalue weighted by molar-refractivity contribution is 5.99. The van der Waals surface area contributed by atoms with Crippen molar-refractivity contribution in [3.05, 3.63) is 48.7 Å². The maximum atomic E-state index is 13.1. The molecular formula is C16H18FN3O. The Balaban J connectivity index is 2.40. The van der Waals surface area contributed by atoms with E-state index in [0.717, 1.165) is 0 Å². The van der Waals surface area contributed by atoms with E-state index in [1.165, 1.54) is 29.4 Å². The largest absolute Gasteiger partial charge is 0.274 e. The van der Waals surface area contributed by atoms with Gasteiger partial charge >= 0.3 is 0 Å². The molecule has 0 bridgehead atoms. The van der Waals surface area contributed by atoms with Crippen LogP contribution < -0.4 is 4.90 Å². The normalized spacial score (nSPS) is 11.2. The number of aromatic nitrogens is 2. The lowest BCUT2D eigenvalue weighted by Gasteiger charge is -2.25. The highest BCUT2D eigenvalue weighted by Gasteiger charge is 2.24. The highest BCUT2D eigenvalue weighted by Crippen LogP contribution is 2.28. The van der Waals surface area contributed by atoms with Gasteiger partial charge < -0.3 is 0 Å². The van der Waals surface area contributed by atoms with Crippen molar-refractivity contribution in [2.75, 3.05) is 4.90 Å². The third-order valence-corrected chi connectivity index (χ3v) is 2.79. The Morgan fingerprint density at radius 2 is 1.86 bits per heavy atom. The molecule has 1 aromatic carbocycles. The van der Waals surface area contributed by atoms with Gasteiger partial charge in [-0.25, -0.2) is 9.37 Å². The summed E-state index contributed by atoms with van der Waals surface area (Å²) in [6, 6.07) is 5.77. The first kappa shape index (κ1) is 15.1. The second-order valence-electron chi connectivity index (χ2n) is 6.01. The van der Waals surface area contributed by atoms with Crippen molar-refractivity contribution in [1.29, 1.82) is 0 Å². The first-order valence-electron chi connectivity index (χ1n) is 6.71. The van der Waals surface area contributed by atoms with E-state index < -0.39 is 0 Å². The maximum absolute atomic E-state index is 13.1. The summed E-state index contributed by atoms with van der Waals surface area (Å²) >= 11 is 0. The van der Waals surface area contributed by atoms with Crippen molar-refractivity contribution in [3.8, 4) is 0 Å². The predicted octanol–water partition coefficient (Wildman–Crippen LogP) is 3.72. The van der Waals surface area contributed by atoms with E-state index in [0.29, 0.717) is 17.9 Å². The Kier molecular flexibility index (Phi) is 4.31. The van der Waals surface area contributed by atoms with E-state index in [-0.39, 0.29) is 17.1 Å². The van der Waals surface area contributed by atoms with Crippen LogP contribution in [-0.2, 0) is 4.79 Å². The molecule has 5 heteroatoms. The predicted molar refractivity (Wildman–Crippen MR) is 79.7 cm³/mol. The van der Waals surface area contributed by atoms with Gasteiger partial charge in [-0.1, -0.05) is 20.8 Å².